The van der Waals surface area contributed by atoms with E-state index in [9.17, 15) is 14.0 Å². The molecule has 0 saturated heterocycles. The molecule has 4 rings (SSSR count). The number of halogens is 1. The SMILES string of the molecule is O=C(Nc1ccccc1)c1nc(C(=O)NCc2ccc(F)cc2)n2c1CCCC2. The zero-order chi connectivity index (χ0) is 20.2. The first-order valence-corrected chi connectivity index (χ1v) is 9.60. The minimum Gasteiger partial charge on any atom is -0.345 e. The molecule has 2 N–H and O–H groups in total. The first-order chi connectivity index (χ1) is 14.1. The summed E-state index contributed by atoms with van der Waals surface area (Å²) < 4.78 is 14.9. The number of para-hydroxylation sites is 1. The van der Waals surface area contributed by atoms with Crippen molar-refractivity contribution in [3.63, 3.8) is 0 Å². The molecule has 29 heavy (non-hydrogen) atoms. The van der Waals surface area contributed by atoms with Crippen molar-refractivity contribution in [1.82, 2.24) is 14.9 Å². The van der Waals surface area contributed by atoms with E-state index in [1.54, 1.807) is 24.3 Å². The number of imidazole rings is 1. The number of hydrogen-bond donors (Lipinski definition) is 2. The minimum absolute atomic E-state index is 0.236. The molecular formula is C22H21FN4O2. The van der Waals surface area contributed by atoms with Gasteiger partial charge in [0.15, 0.2) is 11.5 Å². The number of fused-ring (bicyclic) bond motifs is 1. The number of benzene rings is 2. The van der Waals surface area contributed by atoms with Gasteiger partial charge < -0.3 is 15.2 Å². The molecule has 3 aromatic rings. The van der Waals surface area contributed by atoms with Gasteiger partial charge in [0.2, 0.25) is 0 Å². The number of nitrogens with one attached hydrogen (secondary N) is 2. The fourth-order valence-corrected chi connectivity index (χ4v) is 3.47. The van der Waals surface area contributed by atoms with Crippen LogP contribution in [0.2, 0.25) is 0 Å². The molecule has 0 fully saturated rings. The van der Waals surface area contributed by atoms with E-state index < -0.39 is 0 Å². The highest BCUT2D eigenvalue weighted by molar-refractivity contribution is 6.05. The van der Waals surface area contributed by atoms with E-state index in [1.807, 2.05) is 22.8 Å². The summed E-state index contributed by atoms with van der Waals surface area (Å²) in [7, 11) is 0. The van der Waals surface area contributed by atoms with Gasteiger partial charge in [-0.15, -0.1) is 0 Å². The third-order valence-electron chi connectivity index (χ3n) is 4.93. The van der Waals surface area contributed by atoms with Crippen molar-refractivity contribution in [2.75, 3.05) is 5.32 Å². The Bertz CT molecular complexity index is 1030. The second-order valence-corrected chi connectivity index (χ2v) is 6.97. The van der Waals surface area contributed by atoms with E-state index >= 15 is 0 Å². The van der Waals surface area contributed by atoms with Crippen LogP contribution in [0.1, 0.15) is 45.2 Å². The Balaban J connectivity index is 1.54. The molecule has 0 atom stereocenters. The van der Waals surface area contributed by atoms with Gasteiger partial charge in [-0.1, -0.05) is 30.3 Å². The molecule has 6 nitrogen and oxygen atoms in total. The maximum absolute atomic E-state index is 13.0. The molecule has 1 aromatic heterocycles. The van der Waals surface area contributed by atoms with Crippen LogP contribution in [-0.4, -0.2) is 21.4 Å². The molecule has 0 saturated carbocycles. The maximum atomic E-state index is 13.0. The van der Waals surface area contributed by atoms with Crippen LogP contribution in [0.5, 0.6) is 0 Å². The number of anilines is 1. The number of aromatic nitrogens is 2. The zero-order valence-corrected chi connectivity index (χ0v) is 15.8. The van der Waals surface area contributed by atoms with E-state index in [0.29, 0.717) is 24.3 Å². The molecule has 1 aliphatic heterocycles. The summed E-state index contributed by atoms with van der Waals surface area (Å²) in [5.41, 5.74) is 2.54. The zero-order valence-electron chi connectivity index (χ0n) is 15.8. The molecule has 0 aliphatic carbocycles. The Morgan fingerprint density at radius 2 is 1.76 bits per heavy atom. The van der Waals surface area contributed by atoms with Gasteiger partial charge in [0.25, 0.3) is 11.8 Å². The molecule has 0 radical (unpaired) electrons. The molecule has 2 amide bonds. The number of nitrogens with zero attached hydrogens (tertiary/aromatic N) is 2. The smallest absolute Gasteiger partial charge is 0.287 e. The molecule has 7 heteroatoms. The van der Waals surface area contributed by atoms with Crippen LogP contribution in [-0.2, 0) is 19.5 Å². The second-order valence-electron chi connectivity index (χ2n) is 6.97. The van der Waals surface area contributed by atoms with Crippen molar-refractivity contribution in [2.24, 2.45) is 0 Å². The summed E-state index contributed by atoms with van der Waals surface area (Å²) in [5, 5.41) is 5.65. The standard InChI is InChI=1S/C22H21FN4O2/c23-16-11-9-15(10-12-16)14-24-22(29)20-26-19(18-8-4-5-13-27(18)20)21(28)25-17-6-2-1-3-7-17/h1-3,6-7,9-12H,4-5,8,13-14H2,(H,24,29)(H,25,28). The van der Waals surface area contributed by atoms with Crippen LogP contribution in [0.4, 0.5) is 10.1 Å². The van der Waals surface area contributed by atoms with Crippen molar-refractivity contribution < 1.29 is 14.0 Å². The predicted octanol–water partition coefficient (Wildman–Crippen LogP) is 3.54. The van der Waals surface area contributed by atoms with E-state index in [1.165, 1.54) is 12.1 Å². The fraction of sp³-hybridized carbons (Fsp3) is 0.227. The Labute approximate surface area is 167 Å². The van der Waals surface area contributed by atoms with Crippen LogP contribution in [0.25, 0.3) is 0 Å². The van der Waals surface area contributed by atoms with Gasteiger partial charge in [0.1, 0.15) is 5.82 Å². The normalized spacial score (nSPS) is 12.9. The molecule has 0 bridgehead atoms. The summed E-state index contributed by atoms with van der Waals surface area (Å²) in [6.07, 6.45) is 2.59. The van der Waals surface area contributed by atoms with Crippen molar-refractivity contribution >= 4 is 17.5 Å². The average Bonchev–Trinajstić information content (AvgIpc) is 3.14. The lowest BCUT2D eigenvalue weighted by molar-refractivity contribution is 0.0935. The largest absolute Gasteiger partial charge is 0.345 e. The molecule has 0 unspecified atom stereocenters. The number of rotatable bonds is 5. The number of carbonyl (C=O) groups excluding carboxylic acids is 2. The molecule has 1 aliphatic rings. The summed E-state index contributed by atoms with van der Waals surface area (Å²) in [5.74, 6) is -0.757. The van der Waals surface area contributed by atoms with Crippen LogP contribution in [0.3, 0.4) is 0 Å². The lowest BCUT2D eigenvalue weighted by Crippen LogP contribution is -2.27. The molecule has 2 aromatic carbocycles. The number of amides is 2. The first-order valence-electron chi connectivity index (χ1n) is 9.60. The van der Waals surface area contributed by atoms with Crippen LogP contribution in [0, 0.1) is 5.82 Å². The number of carbonyl (C=O) groups is 2. The molecule has 148 valence electrons. The maximum Gasteiger partial charge on any atom is 0.287 e. The molecule has 0 spiro atoms. The second kappa shape index (κ2) is 8.26. The van der Waals surface area contributed by atoms with Crippen LogP contribution < -0.4 is 10.6 Å². The van der Waals surface area contributed by atoms with Gasteiger partial charge in [0, 0.05) is 18.8 Å². The highest BCUT2D eigenvalue weighted by Crippen LogP contribution is 2.22. The quantitative estimate of drug-likeness (QED) is 0.697. The first kappa shape index (κ1) is 18.9. The van der Waals surface area contributed by atoms with E-state index in [2.05, 4.69) is 15.6 Å². The third kappa shape index (κ3) is 4.18. The Hall–Kier alpha value is -3.48. The highest BCUT2D eigenvalue weighted by atomic mass is 19.1. The van der Waals surface area contributed by atoms with Gasteiger partial charge in [-0.3, -0.25) is 9.59 Å². The van der Waals surface area contributed by atoms with Crippen molar-refractivity contribution in [2.45, 2.75) is 32.4 Å². The van der Waals surface area contributed by atoms with E-state index in [4.69, 9.17) is 0 Å². The predicted molar refractivity (Wildman–Crippen MR) is 107 cm³/mol. The summed E-state index contributed by atoms with van der Waals surface area (Å²) >= 11 is 0. The van der Waals surface area contributed by atoms with Crippen molar-refractivity contribution in [3.8, 4) is 0 Å². The van der Waals surface area contributed by atoms with E-state index in [0.717, 1.165) is 24.1 Å². The van der Waals surface area contributed by atoms with Gasteiger partial charge in [-0.25, -0.2) is 9.37 Å². The van der Waals surface area contributed by atoms with Gasteiger partial charge in [0.05, 0.1) is 5.69 Å². The van der Waals surface area contributed by atoms with Crippen LogP contribution in [0.15, 0.2) is 54.6 Å². The van der Waals surface area contributed by atoms with Gasteiger partial charge >= 0.3 is 0 Å². The third-order valence-corrected chi connectivity index (χ3v) is 4.93. The van der Waals surface area contributed by atoms with Gasteiger partial charge in [-0.05, 0) is 49.1 Å². The van der Waals surface area contributed by atoms with Crippen molar-refractivity contribution in [1.29, 1.82) is 0 Å². The van der Waals surface area contributed by atoms with Crippen molar-refractivity contribution in [3.05, 3.63) is 83.2 Å². The molecule has 2 heterocycles. The summed E-state index contributed by atoms with van der Waals surface area (Å²) in [6, 6.07) is 15.1. The monoisotopic (exact) mass is 392 g/mol. The van der Waals surface area contributed by atoms with E-state index in [-0.39, 0.29) is 30.0 Å². The minimum atomic E-state index is -0.351. The molecular weight excluding hydrogens is 371 g/mol. The topological polar surface area (TPSA) is 76.0 Å². The summed E-state index contributed by atoms with van der Waals surface area (Å²) in [4.78, 5) is 29.9. The number of hydrogen-bond acceptors (Lipinski definition) is 3. The average molecular weight is 392 g/mol. The Morgan fingerprint density at radius 3 is 2.52 bits per heavy atom. The lowest BCUT2D eigenvalue weighted by Gasteiger charge is -2.17. The Kier molecular flexibility index (Phi) is 5.37. The fourth-order valence-electron chi connectivity index (χ4n) is 3.47. The highest BCUT2D eigenvalue weighted by Gasteiger charge is 2.27. The lowest BCUT2D eigenvalue weighted by atomic mass is 10.1. The van der Waals surface area contributed by atoms with Crippen LogP contribution >= 0.6 is 0 Å². The summed E-state index contributed by atoms with van der Waals surface area (Å²) in [6.45, 7) is 0.910. The van der Waals surface area contributed by atoms with Gasteiger partial charge in [-0.2, -0.15) is 0 Å². The Morgan fingerprint density at radius 1 is 1.00 bits per heavy atom.